The second kappa shape index (κ2) is 4.07. The van der Waals surface area contributed by atoms with Crippen LogP contribution in [0.2, 0.25) is 0 Å². The summed E-state index contributed by atoms with van der Waals surface area (Å²) in [5, 5.41) is 0. The average molecular weight is 372 g/mol. The van der Waals surface area contributed by atoms with Crippen molar-refractivity contribution in [2.24, 2.45) is 0 Å². The summed E-state index contributed by atoms with van der Waals surface area (Å²) in [4.78, 5) is 0. The number of hydrogen-bond acceptors (Lipinski definition) is 0. The maximum Gasteiger partial charge on any atom is 0.0531 e. The molecule has 0 radical (unpaired) electrons. The highest BCUT2D eigenvalue weighted by molar-refractivity contribution is 14.1. The summed E-state index contributed by atoms with van der Waals surface area (Å²) in [6.07, 6.45) is 0. The first kappa shape index (κ1) is 9.77. The van der Waals surface area contributed by atoms with E-state index in [1.54, 1.807) is 0 Å². The van der Waals surface area contributed by atoms with E-state index in [0.29, 0.717) is 3.42 Å². The van der Waals surface area contributed by atoms with Crippen molar-refractivity contribution in [2.45, 2.75) is 10.3 Å². The molecule has 1 aromatic rings. The Morgan fingerprint density at radius 1 is 1.27 bits per heavy atom. The molecule has 60 valence electrons. The third-order valence-corrected chi connectivity index (χ3v) is 5.62. The summed E-state index contributed by atoms with van der Waals surface area (Å²) in [5.74, 6) is 0. The van der Waals surface area contributed by atoms with Gasteiger partial charge in [0.1, 0.15) is 0 Å². The van der Waals surface area contributed by atoms with E-state index in [-0.39, 0.29) is 0 Å². The Kier molecular flexibility index (Phi) is 3.61. The van der Waals surface area contributed by atoms with Crippen LogP contribution in [0.15, 0.2) is 30.3 Å². The standard InChI is InChI=1S/C9H10I2/c1-9(11,7-10)8-5-3-2-4-6-8/h2-6H,7H2,1H3. The molecule has 0 nitrogen and oxygen atoms in total. The first-order valence-electron chi connectivity index (χ1n) is 3.47. The molecule has 11 heavy (non-hydrogen) atoms. The van der Waals surface area contributed by atoms with Gasteiger partial charge in [0.15, 0.2) is 0 Å². The fraction of sp³-hybridized carbons (Fsp3) is 0.333. The minimum atomic E-state index is 0.291. The van der Waals surface area contributed by atoms with Gasteiger partial charge in [-0.15, -0.1) is 0 Å². The van der Waals surface area contributed by atoms with Crippen molar-refractivity contribution in [1.82, 2.24) is 0 Å². The van der Waals surface area contributed by atoms with Gasteiger partial charge in [-0.25, -0.2) is 0 Å². The van der Waals surface area contributed by atoms with Gasteiger partial charge in [-0.2, -0.15) is 0 Å². The lowest BCUT2D eigenvalue weighted by Gasteiger charge is -2.19. The summed E-state index contributed by atoms with van der Waals surface area (Å²) >= 11 is 4.92. The molecule has 0 aromatic heterocycles. The molecule has 0 heterocycles. The zero-order chi connectivity index (χ0) is 8.32. The molecular weight excluding hydrogens is 362 g/mol. The number of halogens is 2. The van der Waals surface area contributed by atoms with Crippen LogP contribution in [0.4, 0.5) is 0 Å². The maximum atomic E-state index is 2.50. The monoisotopic (exact) mass is 372 g/mol. The highest BCUT2D eigenvalue weighted by Crippen LogP contribution is 2.32. The lowest BCUT2D eigenvalue weighted by atomic mass is 10.0. The van der Waals surface area contributed by atoms with Crippen molar-refractivity contribution in [3.05, 3.63) is 35.9 Å². The Labute approximate surface area is 95.0 Å². The Morgan fingerprint density at radius 3 is 2.27 bits per heavy atom. The SMILES string of the molecule is CC(I)(CI)c1ccccc1. The van der Waals surface area contributed by atoms with Crippen LogP contribution in [0.1, 0.15) is 12.5 Å². The molecular formula is C9H10I2. The van der Waals surface area contributed by atoms with Gasteiger partial charge in [-0.3, -0.25) is 0 Å². The van der Waals surface area contributed by atoms with Crippen molar-refractivity contribution >= 4 is 45.2 Å². The van der Waals surface area contributed by atoms with Gasteiger partial charge in [0.25, 0.3) is 0 Å². The topological polar surface area (TPSA) is 0 Å². The molecule has 1 rings (SSSR count). The summed E-state index contributed by atoms with van der Waals surface area (Å²) < 4.78 is 1.44. The van der Waals surface area contributed by atoms with Gasteiger partial charge in [0, 0.05) is 4.43 Å². The number of benzene rings is 1. The summed E-state index contributed by atoms with van der Waals surface area (Å²) in [6, 6.07) is 10.6. The van der Waals surface area contributed by atoms with Crippen LogP contribution in [0.25, 0.3) is 0 Å². The zero-order valence-electron chi connectivity index (χ0n) is 6.35. The molecule has 0 spiro atoms. The molecule has 0 N–H and O–H groups in total. The van der Waals surface area contributed by atoms with E-state index in [2.05, 4.69) is 82.4 Å². The highest BCUT2D eigenvalue weighted by atomic mass is 127. The van der Waals surface area contributed by atoms with Gasteiger partial charge in [-0.05, 0) is 12.5 Å². The zero-order valence-corrected chi connectivity index (χ0v) is 10.7. The predicted molar refractivity (Wildman–Crippen MR) is 66.7 cm³/mol. The van der Waals surface area contributed by atoms with Crippen LogP contribution < -0.4 is 0 Å². The largest absolute Gasteiger partial charge is 0.0846 e. The van der Waals surface area contributed by atoms with Crippen molar-refractivity contribution in [1.29, 1.82) is 0 Å². The summed E-state index contributed by atoms with van der Waals surface area (Å²) in [5.41, 5.74) is 1.41. The van der Waals surface area contributed by atoms with Gasteiger partial charge >= 0.3 is 0 Å². The molecule has 0 aliphatic carbocycles. The van der Waals surface area contributed by atoms with Crippen LogP contribution in [0, 0.1) is 0 Å². The minimum Gasteiger partial charge on any atom is -0.0846 e. The molecule has 0 aliphatic rings. The molecule has 0 saturated heterocycles. The van der Waals surface area contributed by atoms with Gasteiger partial charge in [-0.1, -0.05) is 75.5 Å². The molecule has 0 aliphatic heterocycles. The van der Waals surface area contributed by atoms with E-state index in [4.69, 9.17) is 0 Å². The third kappa shape index (κ3) is 2.57. The van der Waals surface area contributed by atoms with Crippen LogP contribution in [-0.2, 0) is 3.42 Å². The molecule has 0 fully saturated rings. The van der Waals surface area contributed by atoms with Crippen molar-refractivity contribution < 1.29 is 0 Å². The van der Waals surface area contributed by atoms with Gasteiger partial charge < -0.3 is 0 Å². The third-order valence-electron chi connectivity index (χ3n) is 1.63. The van der Waals surface area contributed by atoms with Crippen LogP contribution in [0.5, 0.6) is 0 Å². The van der Waals surface area contributed by atoms with Crippen molar-refractivity contribution in [3.8, 4) is 0 Å². The van der Waals surface area contributed by atoms with Crippen molar-refractivity contribution in [3.63, 3.8) is 0 Å². The molecule has 0 amide bonds. The fourth-order valence-corrected chi connectivity index (χ4v) is 1.66. The van der Waals surface area contributed by atoms with Gasteiger partial charge in [0.2, 0.25) is 0 Å². The van der Waals surface area contributed by atoms with Crippen LogP contribution >= 0.6 is 45.2 Å². The second-order valence-electron chi connectivity index (χ2n) is 2.70. The average Bonchev–Trinajstić information content (AvgIpc) is 2.06. The Morgan fingerprint density at radius 2 is 1.82 bits per heavy atom. The van der Waals surface area contributed by atoms with Gasteiger partial charge in [0.05, 0.1) is 3.42 Å². The van der Waals surface area contributed by atoms with E-state index >= 15 is 0 Å². The predicted octanol–water partition coefficient (Wildman–Crippen LogP) is 3.77. The first-order valence-corrected chi connectivity index (χ1v) is 6.07. The quantitative estimate of drug-likeness (QED) is 0.548. The molecule has 0 bridgehead atoms. The lowest BCUT2D eigenvalue weighted by molar-refractivity contribution is 0.855. The van der Waals surface area contributed by atoms with Crippen molar-refractivity contribution in [2.75, 3.05) is 4.43 Å². The lowest BCUT2D eigenvalue weighted by Crippen LogP contribution is -2.13. The maximum absolute atomic E-state index is 2.50. The summed E-state index contributed by atoms with van der Waals surface area (Å²) in [6.45, 7) is 2.26. The number of hydrogen-bond donors (Lipinski definition) is 0. The highest BCUT2D eigenvalue weighted by Gasteiger charge is 2.19. The Bertz CT molecular complexity index is 216. The van der Waals surface area contributed by atoms with E-state index in [9.17, 15) is 0 Å². The molecule has 1 unspecified atom stereocenters. The second-order valence-corrected chi connectivity index (χ2v) is 5.84. The molecule has 1 atom stereocenters. The van der Waals surface area contributed by atoms with E-state index in [1.165, 1.54) is 5.56 Å². The van der Waals surface area contributed by atoms with Crippen LogP contribution in [-0.4, -0.2) is 4.43 Å². The minimum absolute atomic E-state index is 0.291. The number of alkyl halides is 2. The van der Waals surface area contributed by atoms with E-state index in [0.717, 1.165) is 4.43 Å². The Hall–Kier alpha value is 0.680. The summed E-state index contributed by atoms with van der Waals surface area (Å²) in [7, 11) is 0. The van der Waals surface area contributed by atoms with E-state index < -0.39 is 0 Å². The number of rotatable bonds is 2. The fourth-order valence-electron chi connectivity index (χ4n) is 0.863. The molecule has 0 saturated carbocycles. The normalized spacial score (nSPS) is 15.9. The Balaban J connectivity index is 2.93. The van der Waals surface area contributed by atoms with E-state index in [1.807, 2.05) is 0 Å². The smallest absolute Gasteiger partial charge is 0.0531 e. The molecule has 1 aromatic carbocycles. The van der Waals surface area contributed by atoms with Crippen LogP contribution in [0.3, 0.4) is 0 Å². The molecule has 2 heteroatoms. The first-order chi connectivity index (χ1) is 5.17.